The van der Waals surface area contributed by atoms with Crippen LogP contribution in [0.5, 0.6) is 0 Å². The standard InChI is InChI=1S/C16H17BrFNO/c1-2-16(11-20,12-7-3-5-9-14(12)18)19-15-10-6-4-8-13(15)17/h3-10,19-20H,2,11H2,1H3. The summed E-state index contributed by atoms with van der Waals surface area (Å²) in [6, 6.07) is 14.1. The number of aliphatic hydroxyl groups is 1. The van der Waals surface area contributed by atoms with Gasteiger partial charge in [-0.3, -0.25) is 0 Å². The quantitative estimate of drug-likeness (QED) is 0.852. The zero-order valence-corrected chi connectivity index (χ0v) is 12.8. The summed E-state index contributed by atoms with van der Waals surface area (Å²) < 4.78 is 15.0. The van der Waals surface area contributed by atoms with E-state index in [4.69, 9.17) is 0 Å². The predicted molar refractivity (Wildman–Crippen MR) is 83.2 cm³/mol. The van der Waals surface area contributed by atoms with Crippen molar-refractivity contribution in [1.29, 1.82) is 0 Å². The average Bonchev–Trinajstić information content (AvgIpc) is 2.48. The first-order valence-electron chi connectivity index (χ1n) is 6.51. The average molecular weight is 338 g/mol. The molecular weight excluding hydrogens is 321 g/mol. The fourth-order valence-electron chi connectivity index (χ4n) is 2.25. The van der Waals surface area contributed by atoms with Gasteiger partial charge in [0.05, 0.1) is 12.1 Å². The zero-order valence-electron chi connectivity index (χ0n) is 11.2. The number of anilines is 1. The Morgan fingerprint density at radius 2 is 1.80 bits per heavy atom. The Kier molecular flexibility index (Phi) is 4.78. The fraction of sp³-hybridized carbons (Fsp3) is 0.250. The number of rotatable bonds is 5. The van der Waals surface area contributed by atoms with Crippen LogP contribution in [0.1, 0.15) is 18.9 Å². The number of halogens is 2. The molecule has 2 aromatic carbocycles. The minimum atomic E-state index is -0.838. The van der Waals surface area contributed by atoms with Gasteiger partial charge in [-0.1, -0.05) is 37.3 Å². The van der Waals surface area contributed by atoms with Crippen molar-refractivity contribution in [2.45, 2.75) is 18.9 Å². The van der Waals surface area contributed by atoms with Crippen molar-refractivity contribution in [2.75, 3.05) is 11.9 Å². The molecule has 2 nitrogen and oxygen atoms in total. The van der Waals surface area contributed by atoms with Crippen molar-refractivity contribution in [3.8, 4) is 0 Å². The van der Waals surface area contributed by atoms with Crippen LogP contribution in [0.15, 0.2) is 53.0 Å². The molecule has 0 radical (unpaired) electrons. The largest absolute Gasteiger partial charge is 0.394 e. The molecule has 2 N–H and O–H groups in total. The molecule has 0 aromatic heterocycles. The monoisotopic (exact) mass is 337 g/mol. The summed E-state index contributed by atoms with van der Waals surface area (Å²) in [5, 5.41) is 13.1. The first kappa shape index (κ1) is 15.0. The Balaban J connectivity index is 2.46. The topological polar surface area (TPSA) is 32.3 Å². The maximum Gasteiger partial charge on any atom is 0.128 e. The molecule has 2 aromatic rings. The molecule has 0 bridgehead atoms. The van der Waals surface area contributed by atoms with Gasteiger partial charge in [-0.05, 0) is 40.5 Å². The Bertz CT molecular complexity index is 584. The minimum absolute atomic E-state index is 0.189. The van der Waals surface area contributed by atoms with E-state index in [0.29, 0.717) is 12.0 Å². The van der Waals surface area contributed by atoms with E-state index in [1.807, 2.05) is 31.2 Å². The molecule has 0 aliphatic heterocycles. The van der Waals surface area contributed by atoms with Crippen LogP contribution < -0.4 is 5.32 Å². The molecule has 0 heterocycles. The fourth-order valence-corrected chi connectivity index (χ4v) is 2.64. The summed E-state index contributed by atoms with van der Waals surface area (Å²) in [5.41, 5.74) is 0.460. The zero-order chi connectivity index (χ0) is 14.6. The Morgan fingerprint density at radius 3 is 2.40 bits per heavy atom. The van der Waals surface area contributed by atoms with E-state index in [1.165, 1.54) is 6.07 Å². The van der Waals surface area contributed by atoms with Gasteiger partial charge >= 0.3 is 0 Å². The summed E-state index contributed by atoms with van der Waals surface area (Å²) in [7, 11) is 0. The van der Waals surface area contributed by atoms with Crippen molar-refractivity contribution >= 4 is 21.6 Å². The number of para-hydroxylation sites is 1. The van der Waals surface area contributed by atoms with Crippen LogP contribution in [0.4, 0.5) is 10.1 Å². The van der Waals surface area contributed by atoms with Crippen LogP contribution in [-0.2, 0) is 5.54 Å². The Labute approximate surface area is 126 Å². The number of aliphatic hydroxyl groups excluding tert-OH is 1. The second-order valence-corrected chi connectivity index (χ2v) is 5.53. The van der Waals surface area contributed by atoms with Crippen LogP contribution in [0.3, 0.4) is 0 Å². The second-order valence-electron chi connectivity index (χ2n) is 4.68. The highest BCUT2D eigenvalue weighted by Crippen LogP contribution is 2.34. The molecule has 1 unspecified atom stereocenters. The molecule has 0 fully saturated rings. The number of hydrogen-bond acceptors (Lipinski definition) is 2. The highest BCUT2D eigenvalue weighted by Gasteiger charge is 2.32. The second kappa shape index (κ2) is 6.37. The molecule has 0 saturated heterocycles. The number of nitrogens with one attached hydrogen (secondary N) is 1. The van der Waals surface area contributed by atoms with E-state index < -0.39 is 5.54 Å². The summed E-state index contributed by atoms with van der Waals surface area (Å²) in [6.07, 6.45) is 0.561. The van der Waals surface area contributed by atoms with Crippen LogP contribution in [0.25, 0.3) is 0 Å². The van der Waals surface area contributed by atoms with E-state index in [9.17, 15) is 9.50 Å². The predicted octanol–water partition coefficient (Wildman–Crippen LogP) is 4.30. The third-order valence-corrected chi connectivity index (χ3v) is 4.20. The van der Waals surface area contributed by atoms with Crippen molar-refractivity contribution < 1.29 is 9.50 Å². The van der Waals surface area contributed by atoms with Crippen molar-refractivity contribution in [3.63, 3.8) is 0 Å². The SMILES string of the molecule is CCC(CO)(Nc1ccccc1Br)c1ccccc1F. The number of benzene rings is 2. The van der Waals surface area contributed by atoms with Gasteiger partial charge in [-0.2, -0.15) is 0 Å². The van der Waals surface area contributed by atoms with Crippen molar-refractivity contribution in [1.82, 2.24) is 0 Å². The Morgan fingerprint density at radius 1 is 1.15 bits per heavy atom. The normalized spacial score (nSPS) is 13.8. The van der Waals surface area contributed by atoms with E-state index >= 15 is 0 Å². The van der Waals surface area contributed by atoms with Crippen LogP contribution >= 0.6 is 15.9 Å². The molecule has 0 saturated carbocycles. The number of hydrogen-bond donors (Lipinski definition) is 2. The van der Waals surface area contributed by atoms with Gasteiger partial charge in [-0.25, -0.2) is 4.39 Å². The van der Waals surface area contributed by atoms with Crippen LogP contribution in [-0.4, -0.2) is 11.7 Å². The van der Waals surface area contributed by atoms with Gasteiger partial charge in [0, 0.05) is 15.7 Å². The molecule has 106 valence electrons. The van der Waals surface area contributed by atoms with E-state index in [-0.39, 0.29) is 12.4 Å². The van der Waals surface area contributed by atoms with Crippen LogP contribution in [0.2, 0.25) is 0 Å². The third kappa shape index (κ3) is 2.86. The molecule has 4 heteroatoms. The lowest BCUT2D eigenvalue weighted by atomic mass is 9.87. The summed E-state index contributed by atoms with van der Waals surface area (Å²) >= 11 is 3.46. The molecule has 0 spiro atoms. The van der Waals surface area contributed by atoms with E-state index in [2.05, 4.69) is 21.2 Å². The Hall–Kier alpha value is -1.39. The van der Waals surface area contributed by atoms with E-state index in [0.717, 1.165) is 10.2 Å². The highest BCUT2D eigenvalue weighted by atomic mass is 79.9. The maximum absolute atomic E-state index is 14.1. The van der Waals surface area contributed by atoms with Crippen molar-refractivity contribution in [2.24, 2.45) is 0 Å². The lowest BCUT2D eigenvalue weighted by Crippen LogP contribution is -2.39. The lowest BCUT2D eigenvalue weighted by Gasteiger charge is -2.34. The lowest BCUT2D eigenvalue weighted by molar-refractivity contribution is 0.204. The summed E-state index contributed by atoms with van der Waals surface area (Å²) in [4.78, 5) is 0. The van der Waals surface area contributed by atoms with Crippen molar-refractivity contribution in [3.05, 3.63) is 64.4 Å². The van der Waals surface area contributed by atoms with Gasteiger partial charge in [0.15, 0.2) is 0 Å². The van der Waals surface area contributed by atoms with Gasteiger partial charge in [0.1, 0.15) is 5.82 Å². The highest BCUT2D eigenvalue weighted by molar-refractivity contribution is 9.10. The minimum Gasteiger partial charge on any atom is -0.394 e. The molecule has 0 aliphatic carbocycles. The van der Waals surface area contributed by atoms with Gasteiger partial charge in [0.2, 0.25) is 0 Å². The van der Waals surface area contributed by atoms with Gasteiger partial charge < -0.3 is 10.4 Å². The van der Waals surface area contributed by atoms with E-state index in [1.54, 1.807) is 18.2 Å². The smallest absolute Gasteiger partial charge is 0.128 e. The summed E-state index contributed by atoms with van der Waals surface area (Å²) in [5.74, 6) is -0.317. The molecule has 1 atom stereocenters. The van der Waals surface area contributed by atoms with Gasteiger partial charge in [-0.15, -0.1) is 0 Å². The van der Waals surface area contributed by atoms with Crippen LogP contribution in [0, 0.1) is 5.82 Å². The molecule has 2 rings (SSSR count). The molecular formula is C16H17BrFNO. The first-order chi connectivity index (χ1) is 9.63. The molecule has 0 aliphatic rings. The maximum atomic E-state index is 14.1. The molecule has 0 amide bonds. The third-order valence-electron chi connectivity index (χ3n) is 3.51. The molecule has 20 heavy (non-hydrogen) atoms. The van der Waals surface area contributed by atoms with Gasteiger partial charge in [0.25, 0.3) is 0 Å². The summed E-state index contributed by atoms with van der Waals surface area (Å²) in [6.45, 7) is 1.73. The first-order valence-corrected chi connectivity index (χ1v) is 7.31.